The summed E-state index contributed by atoms with van der Waals surface area (Å²) in [5, 5.41) is 1.56. The molecule has 1 heterocycles. The van der Waals surface area contributed by atoms with E-state index in [0.717, 1.165) is 5.35 Å². The zero-order chi connectivity index (χ0) is 10.2. The van der Waals surface area contributed by atoms with Crippen LogP contribution in [0.25, 0.3) is 12.7 Å². The average molecular weight is 180 g/mol. The van der Waals surface area contributed by atoms with Gasteiger partial charge in [0.1, 0.15) is 0 Å². The van der Waals surface area contributed by atoms with E-state index in [1.807, 2.05) is 33.8 Å². The topological polar surface area (TPSA) is 37.8 Å². The molecule has 0 aliphatic rings. The molecule has 13 heavy (non-hydrogen) atoms. The van der Waals surface area contributed by atoms with E-state index in [9.17, 15) is 4.79 Å². The van der Waals surface area contributed by atoms with E-state index in [1.165, 1.54) is 0 Å². The van der Waals surface area contributed by atoms with Gasteiger partial charge in [0.2, 0.25) is 0 Å². The van der Waals surface area contributed by atoms with Crippen molar-refractivity contribution < 1.29 is 0 Å². The molecule has 1 aromatic heterocycles. The van der Waals surface area contributed by atoms with Crippen LogP contribution in [0, 0.1) is 0 Å². The van der Waals surface area contributed by atoms with Gasteiger partial charge in [-0.05, 0) is 27.7 Å². The second-order valence-corrected chi connectivity index (χ2v) is 4.09. The molecule has 0 bridgehead atoms. The van der Waals surface area contributed by atoms with Crippen molar-refractivity contribution >= 4 is 12.7 Å². The van der Waals surface area contributed by atoms with Gasteiger partial charge < -0.3 is 4.98 Å². The minimum Gasteiger partial charge on any atom is -0.306 e. The first kappa shape index (κ1) is 9.84. The molecule has 72 valence electrons. The summed E-state index contributed by atoms with van der Waals surface area (Å²) >= 11 is 0. The maximum Gasteiger partial charge on any atom is 0.326 e. The van der Waals surface area contributed by atoms with E-state index >= 15 is 0 Å². The molecule has 0 amide bonds. The Balaban J connectivity index is 3.74. The lowest BCUT2D eigenvalue weighted by molar-refractivity contribution is 0.376. The van der Waals surface area contributed by atoms with Crippen LogP contribution in [0.15, 0.2) is 4.79 Å². The zero-order valence-corrected chi connectivity index (χ0v) is 8.64. The van der Waals surface area contributed by atoms with E-state index in [2.05, 4.69) is 11.6 Å². The van der Waals surface area contributed by atoms with Gasteiger partial charge >= 0.3 is 5.69 Å². The number of hydrogen-bond acceptors (Lipinski definition) is 1. The fourth-order valence-corrected chi connectivity index (χ4v) is 1.46. The first-order chi connectivity index (χ1) is 5.88. The van der Waals surface area contributed by atoms with Crippen molar-refractivity contribution in [1.82, 2.24) is 9.55 Å². The fourth-order valence-electron chi connectivity index (χ4n) is 1.46. The van der Waals surface area contributed by atoms with Gasteiger partial charge in [-0.3, -0.25) is 4.57 Å². The molecule has 1 N–H and O–H groups in total. The third kappa shape index (κ3) is 1.59. The predicted octanol–water partition coefficient (Wildman–Crippen LogP) is 0.142. The molecule has 0 fully saturated rings. The van der Waals surface area contributed by atoms with Gasteiger partial charge in [0.25, 0.3) is 0 Å². The Morgan fingerprint density at radius 1 is 1.46 bits per heavy atom. The maximum absolute atomic E-state index is 11.5. The number of hydrogen-bond donors (Lipinski definition) is 1. The third-order valence-corrected chi connectivity index (χ3v) is 1.96. The first-order valence-corrected chi connectivity index (χ1v) is 4.34. The van der Waals surface area contributed by atoms with Crippen LogP contribution in [0.3, 0.4) is 0 Å². The molecule has 1 aromatic rings. The molecule has 0 saturated carbocycles. The van der Waals surface area contributed by atoms with Crippen molar-refractivity contribution in [2.24, 2.45) is 0 Å². The molecule has 0 aromatic carbocycles. The largest absolute Gasteiger partial charge is 0.326 e. The van der Waals surface area contributed by atoms with Gasteiger partial charge in [-0.1, -0.05) is 12.7 Å². The molecule has 0 atom stereocenters. The molecule has 3 heteroatoms. The van der Waals surface area contributed by atoms with Crippen molar-refractivity contribution in [3.8, 4) is 0 Å². The van der Waals surface area contributed by atoms with Crippen LogP contribution < -0.4 is 16.4 Å². The highest BCUT2D eigenvalue weighted by Crippen LogP contribution is 2.05. The van der Waals surface area contributed by atoms with Crippen molar-refractivity contribution in [2.75, 3.05) is 0 Å². The minimum absolute atomic E-state index is 0.0920. The van der Waals surface area contributed by atoms with E-state index in [-0.39, 0.29) is 11.2 Å². The summed E-state index contributed by atoms with van der Waals surface area (Å²) in [6, 6.07) is 0. The van der Waals surface area contributed by atoms with E-state index in [4.69, 9.17) is 0 Å². The molecule has 0 aliphatic heterocycles. The smallest absolute Gasteiger partial charge is 0.306 e. The Kier molecular flexibility index (Phi) is 2.20. The second kappa shape index (κ2) is 2.91. The van der Waals surface area contributed by atoms with Crippen LogP contribution in [0.5, 0.6) is 0 Å². The Morgan fingerprint density at radius 3 is 2.31 bits per heavy atom. The van der Waals surface area contributed by atoms with Gasteiger partial charge in [0.05, 0.1) is 10.7 Å². The van der Waals surface area contributed by atoms with Crippen LogP contribution in [-0.2, 0) is 5.54 Å². The van der Waals surface area contributed by atoms with E-state index in [1.54, 1.807) is 4.57 Å². The van der Waals surface area contributed by atoms with Gasteiger partial charge in [-0.25, -0.2) is 4.79 Å². The number of aromatic nitrogens is 2. The Morgan fingerprint density at radius 2 is 2.00 bits per heavy atom. The molecule has 0 saturated heterocycles. The van der Waals surface area contributed by atoms with Crippen LogP contribution in [0.1, 0.15) is 27.7 Å². The molecular weight excluding hydrogens is 164 g/mol. The van der Waals surface area contributed by atoms with Crippen LogP contribution in [0.4, 0.5) is 0 Å². The highest BCUT2D eigenvalue weighted by molar-refractivity contribution is 5.17. The van der Waals surface area contributed by atoms with E-state index in [0.29, 0.717) is 5.35 Å². The summed E-state index contributed by atoms with van der Waals surface area (Å²) in [5.41, 5.74) is -0.295. The van der Waals surface area contributed by atoms with Gasteiger partial charge in [-0.15, -0.1) is 0 Å². The van der Waals surface area contributed by atoms with Crippen molar-refractivity contribution in [1.29, 1.82) is 0 Å². The molecular formula is C10H16N2O. The predicted molar refractivity (Wildman–Crippen MR) is 55.0 cm³/mol. The van der Waals surface area contributed by atoms with Crippen LogP contribution in [0.2, 0.25) is 0 Å². The lowest BCUT2D eigenvalue weighted by Gasteiger charge is -2.19. The Labute approximate surface area is 77.4 Å². The van der Waals surface area contributed by atoms with Crippen molar-refractivity contribution in [3.05, 3.63) is 21.2 Å². The summed E-state index contributed by atoms with van der Waals surface area (Å²) in [6.07, 6.45) is 1.89. The lowest BCUT2D eigenvalue weighted by Crippen LogP contribution is -2.41. The summed E-state index contributed by atoms with van der Waals surface area (Å²) in [6.45, 7) is 11.7. The monoisotopic (exact) mass is 180 g/mol. The summed E-state index contributed by atoms with van der Waals surface area (Å²) in [7, 11) is 0. The summed E-state index contributed by atoms with van der Waals surface area (Å²) in [4.78, 5) is 14.2. The fraction of sp³-hybridized carbons (Fsp3) is 0.500. The molecule has 0 unspecified atom stereocenters. The molecule has 1 rings (SSSR count). The standard InChI is InChI=1S/C10H16N2O/c1-6-8-7(2)11-9(13)12(8)10(3,4)5/h6H,2H2,1,3-5H3,(H,11,13)/b8-6+. The minimum atomic E-state index is -0.203. The number of nitrogens with zero attached hydrogens (tertiary/aromatic N) is 1. The van der Waals surface area contributed by atoms with E-state index < -0.39 is 0 Å². The van der Waals surface area contributed by atoms with Crippen LogP contribution in [-0.4, -0.2) is 9.55 Å². The lowest BCUT2D eigenvalue weighted by atomic mass is 10.1. The number of aromatic amines is 1. The highest BCUT2D eigenvalue weighted by atomic mass is 16.1. The molecule has 0 aliphatic carbocycles. The van der Waals surface area contributed by atoms with Crippen molar-refractivity contribution in [2.45, 2.75) is 33.2 Å². The second-order valence-electron chi connectivity index (χ2n) is 4.09. The summed E-state index contributed by atoms with van der Waals surface area (Å²) < 4.78 is 1.72. The number of rotatable bonds is 0. The maximum atomic E-state index is 11.5. The first-order valence-electron chi connectivity index (χ1n) is 4.34. The number of H-pyrrole nitrogens is 1. The molecule has 3 nitrogen and oxygen atoms in total. The molecule has 0 radical (unpaired) electrons. The van der Waals surface area contributed by atoms with Crippen molar-refractivity contribution in [3.63, 3.8) is 0 Å². The SMILES string of the molecule is C=c1[nH]c(=O)n(C(C)(C)C)/c1=C/C. The zero-order valence-electron chi connectivity index (χ0n) is 8.64. The van der Waals surface area contributed by atoms with Gasteiger partial charge in [0, 0.05) is 5.54 Å². The Hall–Kier alpha value is -1.25. The highest BCUT2D eigenvalue weighted by Gasteiger charge is 2.16. The quantitative estimate of drug-likeness (QED) is 0.606. The van der Waals surface area contributed by atoms with Gasteiger partial charge in [0.15, 0.2) is 0 Å². The normalized spacial score (nSPS) is 13.7. The summed E-state index contributed by atoms with van der Waals surface area (Å²) in [5.74, 6) is 0. The average Bonchev–Trinajstić information content (AvgIpc) is 2.23. The van der Waals surface area contributed by atoms with Gasteiger partial charge in [-0.2, -0.15) is 0 Å². The number of nitrogens with one attached hydrogen (secondary N) is 1. The number of imidazole rings is 1. The Bertz CT molecular complexity index is 457. The molecule has 0 spiro atoms. The van der Waals surface area contributed by atoms with Crippen LogP contribution >= 0.6 is 0 Å². The third-order valence-electron chi connectivity index (χ3n) is 1.96.